The Morgan fingerprint density at radius 2 is 2.21 bits per heavy atom. The summed E-state index contributed by atoms with van der Waals surface area (Å²) in [6.45, 7) is 3.03. The number of carboxylic acids is 1. The molecule has 3 N–H and O–H groups in total. The number of nitrogens with two attached hydrogens (primary N) is 1. The van der Waals surface area contributed by atoms with Crippen LogP contribution in [0.25, 0.3) is 0 Å². The average Bonchev–Trinajstić information content (AvgIpc) is 2.81. The SMILES string of the molecule is CC(CN)CC(=O)N1CCc2ccc(C(=O)O)cc21. The quantitative estimate of drug-likeness (QED) is 0.855. The number of fused-ring (bicyclic) bond motifs is 1. The number of nitrogens with zero attached hydrogens (tertiary/aromatic N) is 1. The Morgan fingerprint density at radius 3 is 2.84 bits per heavy atom. The van der Waals surface area contributed by atoms with Crippen molar-refractivity contribution in [2.75, 3.05) is 18.0 Å². The van der Waals surface area contributed by atoms with Crippen molar-refractivity contribution < 1.29 is 14.7 Å². The van der Waals surface area contributed by atoms with Crippen molar-refractivity contribution in [3.63, 3.8) is 0 Å². The molecule has 5 heteroatoms. The minimum Gasteiger partial charge on any atom is -0.478 e. The van der Waals surface area contributed by atoms with Gasteiger partial charge in [-0.3, -0.25) is 4.79 Å². The third-order valence-corrected chi connectivity index (χ3v) is 3.45. The van der Waals surface area contributed by atoms with Crippen molar-refractivity contribution in [2.24, 2.45) is 11.7 Å². The van der Waals surface area contributed by atoms with E-state index in [9.17, 15) is 9.59 Å². The van der Waals surface area contributed by atoms with E-state index in [1.165, 1.54) is 0 Å². The number of aromatic carboxylic acids is 1. The van der Waals surface area contributed by atoms with E-state index in [1.807, 2.05) is 6.92 Å². The van der Waals surface area contributed by atoms with E-state index >= 15 is 0 Å². The Morgan fingerprint density at radius 1 is 1.47 bits per heavy atom. The van der Waals surface area contributed by atoms with Gasteiger partial charge in [0.1, 0.15) is 0 Å². The molecule has 0 radical (unpaired) electrons. The Kier molecular flexibility index (Phi) is 3.85. The summed E-state index contributed by atoms with van der Waals surface area (Å²) in [6, 6.07) is 4.95. The fourth-order valence-corrected chi connectivity index (χ4v) is 2.26. The first-order chi connectivity index (χ1) is 9.02. The van der Waals surface area contributed by atoms with Crippen LogP contribution in [0.2, 0.25) is 0 Å². The molecule has 1 aliphatic rings. The molecule has 0 saturated carbocycles. The molecule has 1 aliphatic heterocycles. The molecule has 1 amide bonds. The van der Waals surface area contributed by atoms with Crippen LogP contribution in [-0.2, 0) is 11.2 Å². The van der Waals surface area contributed by atoms with Crippen LogP contribution in [0.15, 0.2) is 18.2 Å². The molecule has 102 valence electrons. The van der Waals surface area contributed by atoms with Gasteiger partial charge in [0.15, 0.2) is 0 Å². The molecule has 1 heterocycles. The van der Waals surface area contributed by atoms with Gasteiger partial charge in [0.25, 0.3) is 0 Å². The van der Waals surface area contributed by atoms with Gasteiger partial charge < -0.3 is 15.7 Å². The van der Waals surface area contributed by atoms with Gasteiger partial charge in [-0.05, 0) is 36.6 Å². The molecule has 0 aliphatic carbocycles. The number of carbonyl (C=O) groups is 2. The fraction of sp³-hybridized carbons (Fsp3) is 0.429. The van der Waals surface area contributed by atoms with E-state index < -0.39 is 5.97 Å². The van der Waals surface area contributed by atoms with Crippen LogP contribution in [0, 0.1) is 5.92 Å². The molecular formula is C14H18N2O3. The molecule has 2 rings (SSSR count). The molecule has 1 aromatic carbocycles. The topological polar surface area (TPSA) is 83.6 Å². The van der Waals surface area contributed by atoms with Gasteiger partial charge in [0.05, 0.1) is 5.56 Å². The zero-order valence-electron chi connectivity index (χ0n) is 10.9. The lowest BCUT2D eigenvalue weighted by Crippen LogP contribution is -2.31. The summed E-state index contributed by atoms with van der Waals surface area (Å²) in [5, 5.41) is 9.00. The zero-order chi connectivity index (χ0) is 14.0. The highest BCUT2D eigenvalue weighted by Crippen LogP contribution is 2.30. The van der Waals surface area contributed by atoms with Crippen LogP contribution in [0.3, 0.4) is 0 Å². The Balaban J connectivity index is 2.22. The number of anilines is 1. The number of hydrogen-bond acceptors (Lipinski definition) is 3. The van der Waals surface area contributed by atoms with Gasteiger partial charge in [-0.15, -0.1) is 0 Å². The molecule has 5 nitrogen and oxygen atoms in total. The fourth-order valence-electron chi connectivity index (χ4n) is 2.26. The van der Waals surface area contributed by atoms with E-state index in [4.69, 9.17) is 10.8 Å². The number of hydrogen-bond donors (Lipinski definition) is 2. The lowest BCUT2D eigenvalue weighted by Gasteiger charge is -2.19. The van der Waals surface area contributed by atoms with Gasteiger partial charge in [-0.1, -0.05) is 13.0 Å². The van der Waals surface area contributed by atoms with Gasteiger partial charge >= 0.3 is 5.97 Å². The van der Waals surface area contributed by atoms with Crippen LogP contribution in [0.1, 0.15) is 29.3 Å². The summed E-state index contributed by atoms with van der Waals surface area (Å²) in [4.78, 5) is 24.8. The summed E-state index contributed by atoms with van der Waals surface area (Å²) < 4.78 is 0. The largest absolute Gasteiger partial charge is 0.478 e. The monoisotopic (exact) mass is 262 g/mol. The highest BCUT2D eigenvalue weighted by molar-refractivity contribution is 5.97. The molecule has 1 aromatic rings. The average molecular weight is 262 g/mol. The van der Waals surface area contributed by atoms with Crippen molar-refractivity contribution in [3.8, 4) is 0 Å². The van der Waals surface area contributed by atoms with Gasteiger partial charge in [0, 0.05) is 18.7 Å². The maximum atomic E-state index is 12.2. The summed E-state index contributed by atoms with van der Waals surface area (Å²) in [5.74, 6) is -0.823. The van der Waals surface area contributed by atoms with Gasteiger partial charge in [-0.25, -0.2) is 4.79 Å². The van der Waals surface area contributed by atoms with Crippen molar-refractivity contribution in [2.45, 2.75) is 19.8 Å². The third kappa shape index (κ3) is 2.76. The summed E-state index contributed by atoms with van der Waals surface area (Å²) in [5.41, 5.74) is 7.50. The first kappa shape index (κ1) is 13.5. The molecule has 0 aromatic heterocycles. The van der Waals surface area contributed by atoms with Crippen molar-refractivity contribution in [1.82, 2.24) is 0 Å². The lowest BCUT2D eigenvalue weighted by atomic mass is 10.1. The number of carbonyl (C=O) groups excluding carboxylic acids is 1. The molecule has 0 saturated heterocycles. The first-order valence-corrected chi connectivity index (χ1v) is 6.39. The van der Waals surface area contributed by atoms with Crippen LogP contribution in [-0.4, -0.2) is 30.1 Å². The maximum absolute atomic E-state index is 12.2. The summed E-state index contributed by atoms with van der Waals surface area (Å²) in [7, 11) is 0. The summed E-state index contributed by atoms with van der Waals surface area (Å²) >= 11 is 0. The highest BCUT2D eigenvalue weighted by Gasteiger charge is 2.26. The number of carboxylic acid groups (broad SMARTS) is 1. The Bertz CT molecular complexity index is 513. The predicted molar refractivity (Wildman–Crippen MR) is 72.3 cm³/mol. The Hall–Kier alpha value is -1.88. The zero-order valence-corrected chi connectivity index (χ0v) is 10.9. The maximum Gasteiger partial charge on any atom is 0.335 e. The molecule has 0 bridgehead atoms. The van der Waals surface area contributed by atoms with Gasteiger partial charge in [0.2, 0.25) is 5.91 Å². The van der Waals surface area contributed by atoms with Crippen molar-refractivity contribution in [1.29, 1.82) is 0 Å². The molecule has 1 atom stereocenters. The second kappa shape index (κ2) is 5.40. The van der Waals surface area contributed by atoms with E-state index in [1.54, 1.807) is 23.1 Å². The second-order valence-corrected chi connectivity index (χ2v) is 4.99. The van der Waals surface area contributed by atoms with Crippen LogP contribution >= 0.6 is 0 Å². The minimum absolute atomic E-state index is 0.0132. The second-order valence-electron chi connectivity index (χ2n) is 4.99. The van der Waals surface area contributed by atoms with Crippen LogP contribution in [0.5, 0.6) is 0 Å². The van der Waals surface area contributed by atoms with E-state index in [-0.39, 0.29) is 17.4 Å². The first-order valence-electron chi connectivity index (χ1n) is 6.39. The number of amides is 1. The molecular weight excluding hydrogens is 244 g/mol. The highest BCUT2D eigenvalue weighted by atomic mass is 16.4. The van der Waals surface area contributed by atoms with E-state index in [0.29, 0.717) is 19.5 Å². The lowest BCUT2D eigenvalue weighted by molar-refractivity contribution is -0.119. The standard InChI is InChI=1S/C14H18N2O3/c1-9(8-15)6-13(17)16-5-4-10-2-3-11(14(18)19)7-12(10)16/h2-3,7,9H,4-6,8,15H2,1H3,(H,18,19). The van der Waals surface area contributed by atoms with E-state index in [0.717, 1.165) is 17.7 Å². The van der Waals surface area contributed by atoms with Crippen LogP contribution < -0.4 is 10.6 Å². The number of rotatable bonds is 4. The molecule has 19 heavy (non-hydrogen) atoms. The van der Waals surface area contributed by atoms with E-state index in [2.05, 4.69) is 0 Å². The van der Waals surface area contributed by atoms with Crippen molar-refractivity contribution in [3.05, 3.63) is 29.3 Å². The third-order valence-electron chi connectivity index (χ3n) is 3.45. The molecule has 0 fully saturated rings. The normalized spacial score (nSPS) is 15.2. The molecule has 1 unspecified atom stereocenters. The van der Waals surface area contributed by atoms with Gasteiger partial charge in [-0.2, -0.15) is 0 Å². The molecule has 0 spiro atoms. The number of benzene rings is 1. The smallest absolute Gasteiger partial charge is 0.335 e. The minimum atomic E-state index is -0.975. The predicted octanol–water partition coefficient (Wildman–Crippen LogP) is 1.26. The Labute approximate surface area is 112 Å². The summed E-state index contributed by atoms with van der Waals surface area (Å²) in [6.07, 6.45) is 1.17. The van der Waals surface area contributed by atoms with Crippen LogP contribution in [0.4, 0.5) is 5.69 Å². The van der Waals surface area contributed by atoms with Crippen molar-refractivity contribution >= 4 is 17.6 Å².